The minimum atomic E-state index is -0.227. The lowest BCUT2D eigenvalue weighted by Crippen LogP contribution is -2.51. The number of halogens is 1. The Morgan fingerprint density at radius 3 is 2.29 bits per heavy atom. The van der Waals surface area contributed by atoms with Gasteiger partial charge in [-0.05, 0) is 58.1 Å². The highest BCUT2D eigenvalue weighted by Crippen LogP contribution is 2.29. The van der Waals surface area contributed by atoms with E-state index in [-0.39, 0.29) is 17.4 Å². The molecule has 17 heavy (non-hydrogen) atoms. The van der Waals surface area contributed by atoms with Gasteiger partial charge in [-0.15, -0.1) is 0 Å². The molecule has 1 aromatic carbocycles. The number of nitrogens with two attached hydrogens (primary N) is 1. The van der Waals surface area contributed by atoms with Gasteiger partial charge in [0.1, 0.15) is 5.82 Å². The molecule has 0 amide bonds. The summed E-state index contributed by atoms with van der Waals surface area (Å²) in [6.45, 7) is 6.01. The molecule has 0 saturated carbocycles. The monoisotopic (exact) mass is 239 g/mol. The Hall–Kier alpha value is -0.970. The van der Waals surface area contributed by atoms with Crippen LogP contribution in [-0.2, 0) is 0 Å². The van der Waals surface area contributed by atoms with Crippen LogP contribution in [0.5, 0.6) is 0 Å². The van der Waals surface area contributed by atoms with Crippen LogP contribution in [0.3, 0.4) is 0 Å². The number of benzene rings is 1. The van der Waals surface area contributed by atoms with Crippen molar-refractivity contribution in [2.45, 2.75) is 32.4 Å². The average Bonchev–Trinajstić information content (AvgIpc) is 2.16. The fourth-order valence-corrected chi connectivity index (χ4v) is 1.90. The molecule has 1 unspecified atom stereocenters. The number of nitrogens with zero attached hydrogens (tertiary/aromatic N) is 1. The Bertz CT molecular complexity index is 368. The van der Waals surface area contributed by atoms with E-state index >= 15 is 0 Å². The Morgan fingerprint density at radius 1 is 1.29 bits per heavy atom. The molecule has 0 aliphatic carbocycles. The molecule has 0 aliphatic rings. The van der Waals surface area contributed by atoms with E-state index in [1.165, 1.54) is 12.1 Å². The molecule has 0 spiro atoms. The van der Waals surface area contributed by atoms with Crippen LogP contribution in [0.4, 0.5) is 4.39 Å². The van der Waals surface area contributed by atoms with Gasteiger partial charge in [-0.1, -0.05) is 6.07 Å². The van der Waals surface area contributed by atoms with Crippen LogP contribution in [0.15, 0.2) is 18.2 Å². The van der Waals surface area contributed by atoms with E-state index in [2.05, 4.69) is 24.2 Å². The third-order valence-corrected chi connectivity index (χ3v) is 3.42. The van der Waals surface area contributed by atoms with Gasteiger partial charge in [0.05, 0.1) is 6.04 Å². The summed E-state index contributed by atoms with van der Waals surface area (Å²) in [5.41, 5.74) is 4.34. The molecule has 0 aliphatic heterocycles. The first-order chi connectivity index (χ1) is 7.78. The minimum Gasteiger partial charge on any atom is -0.302 e. The third-order valence-electron chi connectivity index (χ3n) is 3.42. The van der Waals surface area contributed by atoms with E-state index < -0.39 is 0 Å². The molecule has 0 radical (unpaired) electrons. The highest BCUT2D eigenvalue weighted by atomic mass is 19.1. The quantitative estimate of drug-likeness (QED) is 0.623. The molecule has 96 valence electrons. The van der Waals surface area contributed by atoms with Crippen molar-refractivity contribution in [3.63, 3.8) is 0 Å². The number of likely N-dealkylation sites (N-methyl/N-ethyl adjacent to an activating group) is 1. The predicted molar refractivity (Wildman–Crippen MR) is 69.0 cm³/mol. The molecular formula is C13H22FN3. The van der Waals surface area contributed by atoms with Crippen LogP contribution >= 0.6 is 0 Å². The molecular weight excluding hydrogens is 217 g/mol. The molecule has 3 nitrogen and oxygen atoms in total. The largest absolute Gasteiger partial charge is 0.302 e. The second kappa shape index (κ2) is 5.12. The van der Waals surface area contributed by atoms with Crippen LogP contribution in [0.2, 0.25) is 0 Å². The maximum atomic E-state index is 13.4. The molecule has 1 aromatic rings. The normalized spacial score (nSPS) is 14.1. The van der Waals surface area contributed by atoms with E-state index in [1.807, 2.05) is 27.1 Å². The Balaban J connectivity index is 3.18. The average molecular weight is 239 g/mol. The maximum Gasteiger partial charge on any atom is 0.123 e. The van der Waals surface area contributed by atoms with Crippen molar-refractivity contribution in [3.05, 3.63) is 35.1 Å². The first kappa shape index (κ1) is 14.1. The van der Waals surface area contributed by atoms with Crippen molar-refractivity contribution < 1.29 is 4.39 Å². The summed E-state index contributed by atoms with van der Waals surface area (Å²) >= 11 is 0. The molecule has 0 saturated heterocycles. The van der Waals surface area contributed by atoms with Gasteiger partial charge in [0.15, 0.2) is 0 Å². The number of hydrogen-bond donors (Lipinski definition) is 2. The van der Waals surface area contributed by atoms with Gasteiger partial charge in [-0.25, -0.2) is 4.39 Å². The number of hydrogen-bond acceptors (Lipinski definition) is 3. The minimum absolute atomic E-state index is 0.133. The van der Waals surface area contributed by atoms with Gasteiger partial charge in [0.2, 0.25) is 0 Å². The lowest BCUT2D eigenvalue weighted by molar-refractivity contribution is 0.138. The fraction of sp³-hybridized carbons (Fsp3) is 0.538. The molecule has 0 heterocycles. The SMILES string of the molecule is Cc1cc(F)cc(C(NN)C(C)(C)N(C)C)c1. The first-order valence-corrected chi connectivity index (χ1v) is 5.69. The van der Waals surface area contributed by atoms with E-state index in [0.29, 0.717) is 0 Å². The highest BCUT2D eigenvalue weighted by Gasteiger charge is 2.32. The van der Waals surface area contributed by atoms with Gasteiger partial charge in [-0.3, -0.25) is 11.3 Å². The first-order valence-electron chi connectivity index (χ1n) is 5.69. The summed E-state index contributed by atoms with van der Waals surface area (Å²) in [6, 6.07) is 4.87. The van der Waals surface area contributed by atoms with Gasteiger partial charge < -0.3 is 4.90 Å². The molecule has 0 bridgehead atoms. The molecule has 1 rings (SSSR count). The smallest absolute Gasteiger partial charge is 0.123 e. The summed E-state index contributed by atoms with van der Waals surface area (Å²) in [5, 5.41) is 0. The van der Waals surface area contributed by atoms with E-state index in [0.717, 1.165) is 11.1 Å². The van der Waals surface area contributed by atoms with Gasteiger partial charge in [0.25, 0.3) is 0 Å². The van der Waals surface area contributed by atoms with Crippen LogP contribution in [0.1, 0.15) is 31.0 Å². The predicted octanol–water partition coefficient (Wildman–Crippen LogP) is 1.98. The van der Waals surface area contributed by atoms with Crippen LogP contribution in [0, 0.1) is 12.7 Å². The lowest BCUT2D eigenvalue weighted by Gasteiger charge is -2.40. The summed E-state index contributed by atoms with van der Waals surface area (Å²) in [6.07, 6.45) is 0. The standard InChI is InChI=1S/C13H22FN3/c1-9-6-10(8-11(14)7-9)12(16-15)13(2,3)17(4)5/h6-8,12,16H,15H2,1-5H3. The van der Waals surface area contributed by atoms with Crippen LogP contribution in [-0.4, -0.2) is 24.5 Å². The van der Waals surface area contributed by atoms with E-state index in [4.69, 9.17) is 5.84 Å². The molecule has 0 fully saturated rings. The zero-order valence-corrected chi connectivity index (χ0v) is 11.2. The van der Waals surface area contributed by atoms with Crippen molar-refractivity contribution >= 4 is 0 Å². The Kier molecular flexibility index (Phi) is 4.25. The van der Waals surface area contributed by atoms with E-state index in [1.54, 1.807) is 0 Å². The zero-order chi connectivity index (χ0) is 13.2. The van der Waals surface area contributed by atoms with Crippen molar-refractivity contribution in [1.82, 2.24) is 10.3 Å². The topological polar surface area (TPSA) is 41.3 Å². The van der Waals surface area contributed by atoms with Gasteiger partial charge >= 0.3 is 0 Å². The Morgan fingerprint density at radius 2 is 1.88 bits per heavy atom. The summed E-state index contributed by atoms with van der Waals surface area (Å²) in [4.78, 5) is 2.07. The van der Waals surface area contributed by atoms with Crippen molar-refractivity contribution in [2.75, 3.05) is 14.1 Å². The number of aryl methyl sites for hydroxylation is 1. The zero-order valence-electron chi connectivity index (χ0n) is 11.2. The lowest BCUT2D eigenvalue weighted by atomic mass is 9.87. The second-order valence-electron chi connectivity index (χ2n) is 5.21. The van der Waals surface area contributed by atoms with Crippen molar-refractivity contribution in [2.24, 2.45) is 5.84 Å². The second-order valence-corrected chi connectivity index (χ2v) is 5.21. The Labute approximate surface area is 103 Å². The van der Waals surface area contributed by atoms with E-state index in [9.17, 15) is 4.39 Å². The number of rotatable bonds is 4. The van der Waals surface area contributed by atoms with Crippen LogP contribution in [0.25, 0.3) is 0 Å². The fourth-order valence-electron chi connectivity index (χ4n) is 1.90. The number of hydrazine groups is 1. The van der Waals surface area contributed by atoms with Gasteiger partial charge in [-0.2, -0.15) is 0 Å². The molecule has 4 heteroatoms. The van der Waals surface area contributed by atoms with Crippen molar-refractivity contribution in [1.29, 1.82) is 0 Å². The van der Waals surface area contributed by atoms with Gasteiger partial charge in [0, 0.05) is 5.54 Å². The third kappa shape index (κ3) is 3.03. The highest BCUT2D eigenvalue weighted by molar-refractivity contribution is 5.28. The van der Waals surface area contributed by atoms with Crippen molar-refractivity contribution in [3.8, 4) is 0 Å². The number of nitrogens with one attached hydrogen (secondary N) is 1. The van der Waals surface area contributed by atoms with Crippen LogP contribution < -0.4 is 11.3 Å². The molecule has 1 atom stereocenters. The molecule has 0 aromatic heterocycles. The summed E-state index contributed by atoms with van der Waals surface area (Å²) in [5.74, 6) is 5.40. The summed E-state index contributed by atoms with van der Waals surface area (Å²) in [7, 11) is 3.97. The molecule has 3 N–H and O–H groups in total. The summed E-state index contributed by atoms with van der Waals surface area (Å²) < 4.78 is 13.4. The maximum absolute atomic E-state index is 13.4.